The van der Waals surface area contributed by atoms with Crippen LogP contribution in [0.5, 0.6) is 0 Å². The molecule has 0 aromatic heterocycles. The number of alkyl halides is 2. The van der Waals surface area contributed by atoms with Crippen molar-refractivity contribution in [1.29, 1.82) is 0 Å². The summed E-state index contributed by atoms with van der Waals surface area (Å²) in [4.78, 5) is 20.5. The minimum Gasteiger partial charge on any atom is -0.288 e. The highest BCUT2D eigenvalue weighted by atomic mass is 79.9. The zero-order valence-electron chi connectivity index (χ0n) is 7.12. The van der Waals surface area contributed by atoms with Gasteiger partial charge in [-0.25, -0.2) is 8.78 Å². The van der Waals surface area contributed by atoms with Crippen LogP contribution < -0.4 is 0 Å². The van der Waals surface area contributed by atoms with Gasteiger partial charge in [0, 0.05) is 22.2 Å². The second kappa shape index (κ2) is 4.43. The van der Waals surface area contributed by atoms with Gasteiger partial charge >= 0.3 is 6.43 Å². The topological polar surface area (TPSA) is 60.2 Å². The number of non-ortho nitro benzene ring substituents is 1. The quantitative estimate of drug-likeness (QED) is 0.486. The number of benzene rings is 1. The number of carbonyl (C=O) groups excluding carboxylic acids is 1. The molecule has 0 aliphatic carbocycles. The molecule has 0 unspecified atom stereocenters. The Bertz CT molecular complexity index is 422. The van der Waals surface area contributed by atoms with Gasteiger partial charge < -0.3 is 0 Å². The van der Waals surface area contributed by atoms with Crippen molar-refractivity contribution in [2.45, 2.75) is 6.43 Å². The summed E-state index contributed by atoms with van der Waals surface area (Å²) < 4.78 is 24.1. The maximum Gasteiger partial charge on any atom is 0.300 e. The van der Waals surface area contributed by atoms with Crippen LogP contribution in [0.1, 0.15) is 10.4 Å². The van der Waals surface area contributed by atoms with Gasteiger partial charge in [0.1, 0.15) is 0 Å². The predicted molar refractivity (Wildman–Crippen MR) is 51.1 cm³/mol. The highest BCUT2D eigenvalue weighted by molar-refractivity contribution is 9.10. The van der Waals surface area contributed by atoms with E-state index in [1.165, 1.54) is 0 Å². The van der Waals surface area contributed by atoms with Crippen LogP contribution in [-0.4, -0.2) is 17.1 Å². The van der Waals surface area contributed by atoms with Crippen LogP contribution >= 0.6 is 15.9 Å². The van der Waals surface area contributed by atoms with Crippen LogP contribution in [0.3, 0.4) is 0 Å². The van der Waals surface area contributed by atoms with Crippen molar-refractivity contribution in [1.82, 2.24) is 0 Å². The SMILES string of the molecule is O=C(c1ccc([N+](=O)[O-])cc1Br)C(F)F. The molecule has 0 heterocycles. The lowest BCUT2D eigenvalue weighted by atomic mass is 10.1. The minimum atomic E-state index is -3.12. The molecule has 0 atom stereocenters. The van der Waals surface area contributed by atoms with E-state index in [1.54, 1.807) is 0 Å². The second-order valence-electron chi connectivity index (χ2n) is 2.59. The summed E-state index contributed by atoms with van der Waals surface area (Å²) in [6.07, 6.45) is -3.12. The predicted octanol–water partition coefficient (Wildman–Crippen LogP) is 2.81. The molecule has 0 bridgehead atoms. The van der Waals surface area contributed by atoms with E-state index in [1.807, 2.05) is 0 Å². The number of nitro groups is 1. The summed E-state index contributed by atoms with van der Waals surface area (Å²) in [5.74, 6) is -1.36. The summed E-state index contributed by atoms with van der Waals surface area (Å²) >= 11 is 2.83. The molecule has 1 aromatic rings. The third-order valence-corrected chi connectivity index (χ3v) is 2.28. The van der Waals surface area contributed by atoms with E-state index < -0.39 is 17.1 Å². The molecule has 0 saturated carbocycles. The zero-order valence-corrected chi connectivity index (χ0v) is 8.70. The minimum absolute atomic E-state index is 0.0120. The number of carbonyl (C=O) groups is 1. The fourth-order valence-corrected chi connectivity index (χ4v) is 1.50. The molecule has 1 aromatic carbocycles. The lowest BCUT2D eigenvalue weighted by Crippen LogP contribution is -2.10. The van der Waals surface area contributed by atoms with Gasteiger partial charge in [-0.15, -0.1) is 0 Å². The molecule has 80 valence electrons. The maximum atomic E-state index is 12.0. The van der Waals surface area contributed by atoms with Crippen LogP contribution in [0, 0.1) is 10.1 Å². The van der Waals surface area contributed by atoms with E-state index in [2.05, 4.69) is 15.9 Å². The van der Waals surface area contributed by atoms with Gasteiger partial charge in [0.15, 0.2) is 0 Å². The Morgan fingerprint density at radius 1 is 1.47 bits per heavy atom. The summed E-state index contributed by atoms with van der Waals surface area (Å²) in [5.41, 5.74) is -0.539. The standard InChI is InChI=1S/C8H4BrF2NO3/c9-6-3-4(12(14)15)1-2-5(6)7(13)8(10)11/h1-3,8H. The average Bonchev–Trinajstić information content (AvgIpc) is 2.16. The van der Waals surface area contributed by atoms with Gasteiger partial charge in [-0.3, -0.25) is 14.9 Å². The lowest BCUT2D eigenvalue weighted by molar-refractivity contribution is -0.384. The Kier molecular flexibility index (Phi) is 3.46. The first-order valence-electron chi connectivity index (χ1n) is 3.70. The molecule has 1 rings (SSSR count). The molecular weight excluding hydrogens is 276 g/mol. The third kappa shape index (κ3) is 2.56. The molecule has 7 heteroatoms. The third-order valence-electron chi connectivity index (χ3n) is 1.63. The first-order chi connectivity index (χ1) is 6.93. The first kappa shape index (κ1) is 11.7. The zero-order chi connectivity index (χ0) is 11.6. The van der Waals surface area contributed by atoms with Crippen LogP contribution in [0.4, 0.5) is 14.5 Å². The van der Waals surface area contributed by atoms with Gasteiger partial charge in [0.25, 0.3) is 5.69 Å². The van der Waals surface area contributed by atoms with E-state index in [4.69, 9.17) is 0 Å². The van der Waals surface area contributed by atoms with E-state index in [0.29, 0.717) is 0 Å². The van der Waals surface area contributed by atoms with Crippen molar-refractivity contribution in [3.8, 4) is 0 Å². The number of rotatable bonds is 3. The summed E-state index contributed by atoms with van der Waals surface area (Å²) in [6, 6.07) is 3.01. The number of nitrogens with zero attached hydrogens (tertiary/aromatic N) is 1. The Balaban J connectivity index is 3.14. The molecule has 0 saturated heterocycles. The van der Waals surface area contributed by atoms with Crippen molar-refractivity contribution >= 4 is 27.4 Å². The van der Waals surface area contributed by atoms with Crippen LogP contribution in [0.2, 0.25) is 0 Å². The van der Waals surface area contributed by atoms with E-state index >= 15 is 0 Å². The normalized spacial score (nSPS) is 10.4. The number of nitro benzene ring substituents is 1. The highest BCUT2D eigenvalue weighted by Gasteiger charge is 2.21. The van der Waals surface area contributed by atoms with Crippen LogP contribution in [0.15, 0.2) is 22.7 Å². The van der Waals surface area contributed by atoms with Gasteiger partial charge in [0.05, 0.1) is 4.92 Å². The van der Waals surface area contributed by atoms with Gasteiger partial charge in [-0.1, -0.05) is 0 Å². The van der Waals surface area contributed by atoms with Crippen LogP contribution in [0.25, 0.3) is 0 Å². The maximum absolute atomic E-state index is 12.0. The molecule has 0 radical (unpaired) electrons. The Morgan fingerprint density at radius 3 is 2.47 bits per heavy atom. The molecule has 0 amide bonds. The summed E-state index contributed by atoms with van der Waals surface area (Å²) in [7, 11) is 0. The number of ketones is 1. The second-order valence-corrected chi connectivity index (χ2v) is 3.44. The highest BCUT2D eigenvalue weighted by Crippen LogP contribution is 2.24. The van der Waals surface area contributed by atoms with E-state index in [0.717, 1.165) is 18.2 Å². The lowest BCUT2D eigenvalue weighted by Gasteiger charge is -2.01. The average molecular weight is 280 g/mol. The number of hydrogen-bond acceptors (Lipinski definition) is 3. The van der Waals surface area contributed by atoms with Crippen molar-refractivity contribution in [3.05, 3.63) is 38.3 Å². The molecule has 0 aliphatic heterocycles. The number of Topliss-reactive ketones (excluding diaryl/α,β-unsaturated/α-hetero) is 1. The van der Waals surface area contributed by atoms with E-state index in [9.17, 15) is 23.7 Å². The molecule has 4 nitrogen and oxygen atoms in total. The largest absolute Gasteiger partial charge is 0.300 e. The summed E-state index contributed by atoms with van der Waals surface area (Å²) in [5, 5.41) is 10.3. The first-order valence-corrected chi connectivity index (χ1v) is 4.49. The van der Waals surface area contributed by atoms with E-state index in [-0.39, 0.29) is 15.7 Å². The van der Waals surface area contributed by atoms with Gasteiger partial charge in [0.2, 0.25) is 5.78 Å². The molecular formula is C8H4BrF2NO3. The number of halogens is 3. The Hall–Kier alpha value is -1.37. The van der Waals surface area contributed by atoms with Crippen LogP contribution in [-0.2, 0) is 0 Å². The summed E-state index contributed by atoms with van der Waals surface area (Å²) in [6.45, 7) is 0. The molecule has 0 N–H and O–H groups in total. The monoisotopic (exact) mass is 279 g/mol. The fraction of sp³-hybridized carbons (Fsp3) is 0.125. The van der Waals surface area contributed by atoms with Crippen molar-refractivity contribution in [2.75, 3.05) is 0 Å². The molecule has 0 spiro atoms. The number of hydrogen-bond donors (Lipinski definition) is 0. The molecule has 15 heavy (non-hydrogen) atoms. The van der Waals surface area contributed by atoms with Crippen molar-refractivity contribution in [2.24, 2.45) is 0 Å². The van der Waals surface area contributed by atoms with Gasteiger partial charge in [-0.05, 0) is 22.0 Å². The van der Waals surface area contributed by atoms with Crippen molar-refractivity contribution in [3.63, 3.8) is 0 Å². The smallest absolute Gasteiger partial charge is 0.288 e. The fourth-order valence-electron chi connectivity index (χ4n) is 0.935. The molecule has 0 aliphatic rings. The van der Waals surface area contributed by atoms with Gasteiger partial charge in [-0.2, -0.15) is 0 Å². The Morgan fingerprint density at radius 2 is 2.07 bits per heavy atom. The molecule has 0 fully saturated rings. The Labute approximate surface area is 91.2 Å². The van der Waals surface area contributed by atoms with Crippen molar-refractivity contribution < 1.29 is 18.5 Å².